The largest absolute Gasteiger partial charge is 0.505 e. The second-order valence-electron chi connectivity index (χ2n) is 4.00. The molecule has 3 nitrogen and oxygen atoms in total. The Hall–Kier alpha value is -2.23. The molecule has 0 bridgehead atoms. The lowest BCUT2D eigenvalue weighted by Crippen LogP contribution is -2.22. The zero-order valence-corrected chi connectivity index (χ0v) is 10.5. The van der Waals surface area contributed by atoms with Gasteiger partial charge >= 0.3 is 0 Å². The average Bonchev–Trinajstić information content (AvgIpc) is 2.43. The summed E-state index contributed by atoms with van der Waals surface area (Å²) < 4.78 is 24.4. The molecular weight excluding hydrogens is 247 g/mol. The van der Waals surface area contributed by atoms with Crippen molar-refractivity contribution < 1.29 is 19.0 Å². The summed E-state index contributed by atoms with van der Waals surface area (Å²) in [6.45, 7) is 1.91. The average molecular weight is 262 g/mol. The summed E-state index contributed by atoms with van der Waals surface area (Å²) in [7, 11) is 0. The van der Waals surface area contributed by atoms with Crippen LogP contribution in [0.4, 0.5) is 4.39 Å². The molecule has 0 aromatic heterocycles. The first kappa shape index (κ1) is 13.2. The van der Waals surface area contributed by atoms with Crippen LogP contribution in [0, 0.1) is 5.82 Å². The van der Waals surface area contributed by atoms with E-state index in [1.165, 1.54) is 12.1 Å². The van der Waals surface area contributed by atoms with Gasteiger partial charge in [0.05, 0.1) is 0 Å². The van der Waals surface area contributed by atoms with E-state index in [2.05, 4.69) is 0 Å². The normalized spacial score (nSPS) is 11.9. The van der Waals surface area contributed by atoms with E-state index in [0.717, 1.165) is 6.07 Å². The maximum Gasteiger partial charge on any atom is 0.240 e. The highest BCUT2D eigenvalue weighted by atomic mass is 19.1. The Kier molecular flexibility index (Phi) is 4.23. The first-order valence-corrected chi connectivity index (χ1v) is 6.06. The smallest absolute Gasteiger partial charge is 0.240 e. The van der Waals surface area contributed by atoms with Crippen LogP contribution in [0.1, 0.15) is 13.3 Å². The third-order valence-electron chi connectivity index (χ3n) is 2.53. The predicted molar refractivity (Wildman–Crippen MR) is 69.8 cm³/mol. The molecule has 0 unspecified atom stereocenters. The van der Waals surface area contributed by atoms with Crippen molar-refractivity contribution in [2.45, 2.75) is 19.6 Å². The summed E-state index contributed by atoms with van der Waals surface area (Å²) in [5.41, 5.74) is 0. The van der Waals surface area contributed by atoms with Gasteiger partial charge < -0.3 is 14.6 Å². The molecule has 2 rings (SSSR count). The van der Waals surface area contributed by atoms with Gasteiger partial charge in [-0.05, 0) is 24.3 Å². The van der Waals surface area contributed by atoms with Crippen molar-refractivity contribution in [3.8, 4) is 17.2 Å². The summed E-state index contributed by atoms with van der Waals surface area (Å²) in [5.74, 6) is -0.108. The molecular formula is C15H15FO3. The topological polar surface area (TPSA) is 38.7 Å². The van der Waals surface area contributed by atoms with Crippen LogP contribution < -0.4 is 9.47 Å². The van der Waals surface area contributed by atoms with Crippen molar-refractivity contribution in [3.63, 3.8) is 0 Å². The van der Waals surface area contributed by atoms with E-state index in [4.69, 9.17) is 14.6 Å². The standard InChI is InChI=1S/C15H15FO3/c1-2-15(18-11-6-4-3-5-7-11)19-12-8-9-14(17)13(16)10-12/h3-10,15,17H,2H2,1H3/t15-/m0/s1. The lowest BCUT2D eigenvalue weighted by atomic mass is 10.3. The Bertz CT molecular complexity index is 528. The third-order valence-corrected chi connectivity index (χ3v) is 2.53. The van der Waals surface area contributed by atoms with Gasteiger partial charge in [-0.2, -0.15) is 0 Å². The number of rotatable bonds is 5. The van der Waals surface area contributed by atoms with Crippen LogP contribution in [-0.4, -0.2) is 11.4 Å². The van der Waals surface area contributed by atoms with E-state index < -0.39 is 17.9 Å². The van der Waals surface area contributed by atoms with E-state index in [1.54, 1.807) is 0 Å². The van der Waals surface area contributed by atoms with Gasteiger partial charge in [0.25, 0.3) is 0 Å². The Morgan fingerprint density at radius 3 is 2.37 bits per heavy atom. The molecule has 1 atom stereocenters. The number of benzene rings is 2. The third kappa shape index (κ3) is 3.61. The van der Waals surface area contributed by atoms with Crippen molar-refractivity contribution in [3.05, 3.63) is 54.3 Å². The van der Waals surface area contributed by atoms with Crippen molar-refractivity contribution in [2.75, 3.05) is 0 Å². The van der Waals surface area contributed by atoms with Gasteiger partial charge in [-0.3, -0.25) is 0 Å². The predicted octanol–water partition coefficient (Wildman–Crippen LogP) is 3.73. The van der Waals surface area contributed by atoms with Gasteiger partial charge in [-0.15, -0.1) is 0 Å². The second-order valence-corrected chi connectivity index (χ2v) is 4.00. The molecule has 4 heteroatoms. The minimum Gasteiger partial charge on any atom is -0.505 e. The molecule has 0 aliphatic heterocycles. The minimum absolute atomic E-state index is 0.318. The van der Waals surface area contributed by atoms with Gasteiger partial charge in [-0.25, -0.2) is 4.39 Å². The van der Waals surface area contributed by atoms with Crippen LogP contribution >= 0.6 is 0 Å². The first-order valence-electron chi connectivity index (χ1n) is 6.06. The van der Waals surface area contributed by atoms with Crippen LogP contribution in [0.5, 0.6) is 17.2 Å². The maximum atomic E-state index is 13.2. The molecule has 100 valence electrons. The van der Waals surface area contributed by atoms with Crippen molar-refractivity contribution in [1.82, 2.24) is 0 Å². The van der Waals surface area contributed by atoms with Crippen LogP contribution in [0.15, 0.2) is 48.5 Å². The van der Waals surface area contributed by atoms with Crippen LogP contribution in [0.2, 0.25) is 0 Å². The molecule has 0 aliphatic carbocycles. The van der Waals surface area contributed by atoms with E-state index in [-0.39, 0.29) is 0 Å². The summed E-state index contributed by atoms with van der Waals surface area (Å²) in [6, 6.07) is 13.1. The zero-order valence-electron chi connectivity index (χ0n) is 10.5. The van der Waals surface area contributed by atoms with Gasteiger partial charge in [0, 0.05) is 12.5 Å². The van der Waals surface area contributed by atoms with E-state index >= 15 is 0 Å². The number of phenols is 1. The molecule has 2 aromatic rings. The van der Waals surface area contributed by atoms with Gasteiger partial charge in [0.2, 0.25) is 6.29 Å². The van der Waals surface area contributed by atoms with Crippen LogP contribution in [0.25, 0.3) is 0 Å². The zero-order chi connectivity index (χ0) is 13.7. The number of hydrogen-bond acceptors (Lipinski definition) is 3. The molecule has 0 saturated heterocycles. The lowest BCUT2D eigenvalue weighted by Gasteiger charge is -2.19. The number of ether oxygens (including phenoxy) is 2. The molecule has 19 heavy (non-hydrogen) atoms. The molecule has 2 aromatic carbocycles. The molecule has 0 saturated carbocycles. The fourth-order valence-corrected chi connectivity index (χ4v) is 1.55. The summed E-state index contributed by atoms with van der Waals surface area (Å²) in [6.07, 6.45) is 0.101. The van der Waals surface area contributed by atoms with E-state index in [0.29, 0.717) is 17.9 Å². The fraction of sp³-hybridized carbons (Fsp3) is 0.200. The molecule has 0 fully saturated rings. The molecule has 1 N–H and O–H groups in total. The Morgan fingerprint density at radius 1 is 1.05 bits per heavy atom. The SMILES string of the molecule is CC[C@@H](Oc1ccccc1)Oc1ccc(O)c(F)c1. The summed E-state index contributed by atoms with van der Waals surface area (Å²) in [4.78, 5) is 0. The van der Waals surface area contributed by atoms with Gasteiger partial charge in [0.15, 0.2) is 11.6 Å². The van der Waals surface area contributed by atoms with Crippen LogP contribution in [-0.2, 0) is 0 Å². The number of para-hydroxylation sites is 1. The highest BCUT2D eigenvalue weighted by molar-refractivity contribution is 5.32. The molecule has 0 radical (unpaired) electrons. The highest BCUT2D eigenvalue weighted by Crippen LogP contribution is 2.23. The summed E-state index contributed by atoms with van der Waals surface area (Å²) in [5, 5.41) is 9.11. The van der Waals surface area contributed by atoms with E-state index in [1.807, 2.05) is 37.3 Å². The van der Waals surface area contributed by atoms with Crippen LogP contribution in [0.3, 0.4) is 0 Å². The maximum absolute atomic E-state index is 13.2. The molecule has 0 spiro atoms. The molecule has 0 amide bonds. The second kappa shape index (κ2) is 6.09. The van der Waals surface area contributed by atoms with Crippen molar-refractivity contribution in [2.24, 2.45) is 0 Å². The Labute approximate surface area is 111 Å². The van der Waals surface area contributed by atoms with Gasteiger partial charge in [-0.1, -0.05) is 25.1 Å². The number of aromatic hydroxyl groups is 1. The Balaban J connectivity index is 2.04. The number of halogens is 1. The van der Waals surface area contributed by atoms with E-state index in [9.17, 15) is 4.39 Å². The fourth-order valence-electron chi connectivity index (χ4n) is 1.55. The lowest BCUT2D eigenvalue weighted by molar-refractivity contribution is 0.00305. The monoisotopic (exact) mass is 262 g/mol. The Morgan fingerprint density at radius 2 is 1.74 bits per heavy atom. The van der Waals surface area contributed by atoms with Crippen molar-refractivity contribution in [1.29, 1.82) is 0 Å². The van der Waals surface area contributed by atoms with Crippen molar-refractivity contribution >= 4 is 0 Å². The summed E-state index contributed by atoms with van der Waals surface area (Å²) >= 11 is 0. The highest BCUT2D eigenvalue weighted by Gasteiger charge is 2.11. The van der Waals surface area contributed by atoms with Gasteiger partial charge in [0.1, 0.15) is 11.5 Å². The number of hydrogen-bond donors (Lipinski definition) is 1. The quantitative estimate of drug-likeness (QED) is 0.834. The number of phenolic OH excluding ortho intramolecular Hbond substituents is 1. The molecule has 0 heterocycles. The minimum atomic E-state index is -0.716. The first-order chi connectivity index (χ1) is 9.19. The molecule has 0 aliphatic rings.